The largest absolute Gasteiger partial charge is 0.497 e. The number of ether oxygens (including phenoxy) is 1. The van der Waals surface area contributed by atoms with Gasteiger partial charge in [-0.25, -0.2) is 0 Å². The highest BCUT2D eigenvalue weighted by Gasteiger charge is 2.35. The minimum Gasteiger partial charge on any atom is -0.497 e. The highest BCUT2D eigenvalue weighted by atomic mass is 16.5. The van der Waals surface area contributed by atoms with Crippen molar-refractivity contribution in [3.8, 4) is 5.75 Å². The van der Waals surface area contributed by atoms with Gasteiger partial charge in [0.15, 0.2) is 0 Å². The first-order chi connectivity index (χ1) is 10.1. The topological polar surface area (TPSA) is 24.5 Å². The number of piperazine rings is 1. The standard InChI is InChI=1S/C18H30N2O/c1-5-16-13-20(18(3,6-2)14-19-16)12-11-15-7-9-17(21-4)10-8-15/h7-10,16,19H,5-6,11-14H2,1-4H3. The first-order valence-electron chi connectivity index (χ1n) is 8.22. The lowest BCUT2D eigenvalue weighted by Gasteiger charge is -2.48. The van der Waals surface area contributed by atoms with Crippen molar-refractivity contribution >= 4 is 0 Å². The fourth-order valence-corrected chi connectivity index (χ4v) is 3.07. The van der Waals surface area contributed by atoms with Crippen LogP contribution in [0.5, 0.6) is 5.75 Å². The van der Waals surface area contributed by atoms with E-state index in [0.29, 0.717) is 6.04 Å². The highest BCUT2D eigenvalue weighted by Crippen LogP contribution is 2.24. The lowest BCUT2D eigenvalue weighted by atomic mass is 9.91. The minimum absolute atomic E-state index is 0.290. The molecule has 2 rings (SSSR count). The molecule has 1 aliphatic heterocycles. The highest BCUT2D eigenvalue weighted by molar-refractivity contribution is 5.27. The van der Waals surface area contributed by atoms with E-state index < -0.39 is 0 Å². The quantitative estimate of drug-likeness (QED) is 0.871. The Bertz CT molecular complexity index is 431. The number of rotatable bonds is 6. The lowest BCUT2D eigenvalue weighted by molar-refractivity contribution is 0.0492. The molecule has 0 amide bonds. The minimum atomic E-state index is 0.290. The monoisotopic (exact) mass is 290 g/mol. The summed E-state index contributed by atoms with van der Waals surface area (Å²) in [6.07, 6.45) is 3.51. The Labute approximate surface area is 129 Å². The first kappa shape index (κ1) is 16.3. The molecule has 118 valence electrons. The molecule has 1 saturated heterocycles. The second kappa shape index (κ2) is 7.28. The van der Waals surface area contributed by atoms with Gasteiger partial charge in [-0.15, -0.1) is 0 Å². The molecule has 2 unspecified atom stereocenters. The van der Waals surface area contributed by atoms with Gasteiger partial charge in [0.05, 0.1) is 7.11 Å². The van der Waals surface area contributed by atoms with Crippen LogP contribution in [-0.4, -0.2) is 43.2 Å². The van der Waals surface area contributed by atoms with Gasteiger partial charge in [-0.05, 0) is 43.9 Å². The Morgan fingerprint density at radius 1 is 1.29 bits per heavy atom. The van der Waals surface area contributed by atoms with E-state index >= 15 is 0 Å². The third kappa shape index (κ3) is 3.98. The molecule has 3 nitrogen and oxygen atoms in total. The summed E-state index contributed by atoms with van der Waals surface area (Å²) in [7, 11) is 1.72. The first-order valence-corrected chi connectivity index (χ1v) is 8.22. The summed E-state index contributed by atoms with van der Waals surface area (Å²) < 4.78 is 5.22. The Hall–Kier alpha value is -1.06. The van der Waals surface area contributed by atoms with Crippen molar-refractivity contribution in [2.45, 2.75) is 51.6 Å². The van der Waals surface area contributed by atoms with Crippen molar-refractivity contribution < 1.29 is 4.74 Å². The van der Waals surface area contributed by atoms with Crippen molar-refractivity contribution in [2.75, 3.05) is 26.7 Å². The molecule has 0 saturated carbocycles. The van der Waals surface area contributed by atoms with Gasteiger partial charge in [-0.1, -0.05) is 26.0 Å². The summed E-state index contributed by atoms with van der Waals surface area (Å²) >= 11 is 0. The van der Waals surface area contributed by atoms with Crippen LogP contribution in [0.4, 0.5) is 0 Å². The molecule has 1 fully saturated rings. The maximum atomic E-state index is 5.22. The fourth-order valence-electron chi connectivity index (χ4n) is 3.07. The second-order valence-corrected chi connectivity index (χ2v) is 6.38. The van der Waals surface area contributed by atoms with Crippen molar-refractivity contribution in [1.29, 1.82) is 0 Å². The molecule has 0 aromatic heterocycles. The van der Waals surface area contributed by atoms with E-state index in [1.807, 2.05) is 0 Å². The molecule has 0 radical (unpaired) electrons. The summed E-state index contributed by atoms with van der Waals surface area (Å²) in [6.45, 7) is 10.4. The molecule has 0 spiro atoms. The van der Waals surface area contributed by atoms with Gasteiger partial charge >= 0.3 is 0 Å². The van der Waals surface area contributed by atoms with E-state index in [1.165, 1.54) is 18.4 Å². The zero-order valence-corrected chi connectivity index (χ0v) is 14.0. The van der Waals surface area contributed by atoms with E-state index in [4.69, 9.17) is 4.74 Å². The second-order valence-electron chi connectivity index (χ2n) is 6.38. The summed E-state index contributed by atoms with van der Waals surface area (Å²) in [5.74, 6) is 0.936. The molecular weight excluding hydrogens is 260 g/mol. The number of nitrogens with zero attached hydrogens (tertiary/aromatic N) is 1. The predicted octanol–water partition coefficient (Wildman–Crippen LogP) is 3.09. The zero-order valence-electron chi connectivity index (χ0n) is 14.0. The van der Waals surface area contributed by atoms with Crippen LogP contribution in [0.3, 0.4) is 0 Å². The van der Waals surface area contributed by atoms with Gasteiger partial charge in [0.1, 0.15) is 5.75 Å². The average molecular weight is 290 g/mol. The molecule has 0 aliphatic carbocycles. The molecule has 1 aromatic rings. The number of methoxy groups -OCH3 is 1. The lowest BCUT2D eigenvalue weighted by Crippen LogP contribution is -2.63. The number of nitrogens with one attached hydrogen (secondary N) is 1. The van der Waals surface area contributed by atoms with E-state index in [2.05, 4.69) is 55.3 Å². The van der Waals surface area contributed by atoms with Gasteiger partial charge < -0.3 is 10.1 Å². The SMILES string of the molecule is CCC1CN(CCc2ccc(OC)cc2)C(C)(CC)CN1. The van der Waals surface area contributed by atoms with Crippen LogP contribution in [0.2, 0.25) is 0 Å². The van der Waals surface area contributed by atoms with Gasteiger partial charge in [-0.2, -0.15) is 0 Å². The van der Waals surface area contributed by atoms with Crippen LogP contribution < -0.4 is 10.1 Å². The van der Waals surface area contributed by atoms with Crippen LogP contribution in [0.15, 0.2) is 24.3 Å². The summed E-state index contributed by atoms with van der Waals surface area (Å²) in [4.78, 5) is 2.68. The van der Waals surface area contributed by atoms with Gasteiger partial charge in [-0.3, -0.25) is 4.90 Å². The molecule has 1 aromatic carbocycles. The van der Waals surface area contributed by atoms with Crippen LogP contribution in [0.25, 0.3) is 0 Å². The molecule has 3 heteroatoms. The van der Waals surface area contributed by atoms with Gasteiger partial charge in [0.2, 0.25) is 0 Å². The van der Waals surface area contributed by atoms with E-state index in [-0.39, 0.29) is 5.54 Å². The van der Waals surface area contributed by atoms with Crippen molar-refractivity contribution in [3.63, 3.8) is 0 Å². The summed E-state index contributed by atoms with van der Waals surface area (Å²) in [6, 6.07) is 9.12. The van der Waals surface area contributed by atoms with Crippen molar-refractivity contribution in [1.82, 2.24) is 10.2 Å². The van der Waals surface area contributed by atoms with E-state index in [0.717, 1.165) is 31.8 Å². The number of hydrogen-bond donors (Lipinski definition) is 1. The maximum absolute atomic E-state index is 5.22. The number of hydrogen-bond acceptors (Lipinski definition) is 3. The third-order valence-corrected chi connectivity index (χ3v) is 5.06. The predicted molar refractivity (Wildman–Crippen MR) is 89.0 cm³/mol. The van der Waals surface area contributed by atoms with Crippen LogP contribution in [-0.2, 0) is 6.42 Å². The molecule has 0 bridgehead atoms. The Kier molecular flexibility index (Phi) is 5.65. The van der Waals surface area contributed by atoms with Crippen LogP contribution in [0.1, 0.15) is 39.2 Å². The molecule has 2 atom stereocenters. The zero-order chi connectivity index (χ0) is 15.3. The van der Waals surface area contributed by atoms with E-state index in [1.54, 1.807) is 7.11 Å². The molecule has 1 aliphatic rings. The van der Waals surface area contributed by atoms with Crippen molar-refractivity contribution in [3.05, 3.63) is 29.8 Å². The average Bonchev–Trinajstić information content (AvgIpc) is 2.54. The summed E-state index contributed by atoms with van der Waals surface area (Å²) in [5, 5.41) is 3.70. The molecular formula is C18H30N2O. The summed E-state index contributed by atoms with van der Waals surface area (Å²) in [5.41, 5.74) is 1.68. The molecule has 21 heavy (non-hydrogen) atoms. The normalized spacial score (nSPS) is 26.8. The van der Waals surface area contributed by atoms with Gasteiger partial charge in [0, 0.05) is 31.2 Å². The number of benzene rings is 1. The van der Waals surface area contributed by atoms with E-state index in [9.17, 15) is 0 Å². The van der Waals surface area contributed by atoms with Gasteiger partial charge in [0.25, 0.3) is 0 Å². The molecule has 1 N–H and O–H groups in total. The van der Waals surface area contributed by atoms with Crippen molar-refractivity contribution in [2.24, 2.45) is 0 Å². The van der Waals surface area contributed by atoms with Crippen LogP contribution >= 0.6 is 0 Å². The smallest absolute Gasteiger partial charge is 0.118 e. The molecule has 1 heterocycles. The Morgan fingerprint density at radius 2 is 2.00 bits per heavy atom. The van der Waals surface area contributed by atoms with Crippen LogP contribution in [0, 0.1) is 0 Å². The fraction of sp³-hybridized carbons (Fsp3) is 0.667. The maximum Gasteiger partial charge on any atom is 0.118 e. The third-order valence-electron chi connectivity index (χ3n) is 5.06. The Morgan fingerprint density at radius 3 is 2.57 bits per heavy atom. The Balaban J connectivity index is 1.97.